The molecule has 0 spiro atoms. The van der Waals surface area contributed by atoms with Crippen molar-refractivity contribution in [3.63, 3.8) is 0 Å². The predicted octanol–water partition coefficient (Wildman–Crippen LogP) is 3.25. The van der Waals surface area contributed by atoms with Crippen molar-refractivity contribution >= 4 is 27.4 Å². The smallest absolute Gasteiger partial charge is 0.321 e. The summed E-state index contributed by atoms with van der Waals surface area (Å²) in [5.74, 6) is -1.80. The van der Waals surface area contributed by atoms with E-state index in [1.54, 1.807) is 11.0 Å². The minimum atomic E-state index is -4.05. The van der Waals surface area contributed by atoms with Gasteiger partial charge in [0.1, 0.15) is 11.6 Å². The number of hydrogen-bond donors (Lipinski definition) is 2. The van der Waals surface area contributed by atoms with Crippen LogP contribution in [0.25, 0.3) is 0 Å². The lowest BCUT2D eigenvalue weighted by atomic mass is 10.2. The fraction of sp³-hybridized carbons (Fsp3) is 0.278. The molecule has 0 radical (unpaired) electrons. The summed E-state index contributed by atoms with van der Waals surface area (Å²) in [4.78, 5) is 13.7. The largest absolute Gasteiger partial charge is 0.338 e. The molecule has 0 aromatic heterocycles. The monoisotopic (exact) mass is 395 g/mol. The number of amides is 2. The molecule has 1 aliphatic rings. The summed E-state index contributed by atoms with van der Waals surface area (Å²) in [6.07, 6.45) is 1.33. The van der Waals surface area contributed by atoms with Gasteiger partial charge in [-0.1, -0.05) is 6.92 Å². The van der Waals surface area contributed by atoms with Crippen molar-refractivity contribution in [3.8, 4) is 0 Å². The van der Waals surface area contributed by atoms with E-state index in [-0.39, 0.29) is 16.6 Å². The molecule has 2 aromatic carbocycles. The molecule has 0 atom stereocenters. The SMILES string of the molecule is CCCNC(=O)N1CCc2cc(S(=O)(=O)Nc3ccc(F)cc3F)ccc21. The van der Waals surface area contributed by atoms with Crippen LogP contribution in [0.4, 0.5) is 25.0 Å². The third-order valence-electron chi connectivity index (χ3n) is 4.20. The van der Waals surface area contributed by atoms with Crippen molar-refractivity contribution < 1.29 is 22.0 Å². The van der Waals surface area contributed by atoms with E-state index in [9.17, 15) is 22.0 Å². The van der Waals surface area contributed by atoms with Crippen LogP contribution in [0.15, 0.2) is 41.3 Å². The maximum absolute atomic E-state index is 13.7. The standard InChI is InChI=1S/C18H19F2N3O3S/c1-2-8-21-18(24)23-9-7-12-10-14(4-6-17(12)23)27(25,26)22-16-5-3-13(19)11-15(16)20/h3-6,10-11,22H,2,7-9H2,1H3,(H,21,24). The Hall–Kier alpha value is -2.68. The average Bonchev–Trinajstić information content (AvgIpc) is 3.05. The van der Waals surface area contributed by atoms with Crippen LogP contribution < -0.4 is 14.9 Å². The Kier molecular flexibility index (Phi) is 5.31. The number of rotatable bonds is 5. The van der Waals surface area contributed by atoms with E-state index in [1.165, 1.54) is 12.1 Å². The highest BCUT2D eigenvalue weighted by molar-refractivity contribution is 7.92. The Morgan fingerprint density at radius 2 is 1.96 bits per heavy atom. The van der Waals surface area contributed by atoms with Crippen LogP contribution in [0.1, 0.15) is 18.9 Å². The molecule has 0 saturated carbocycles. The van der Waals surface area contributed by atoms with Crippen molar-refractivity contribution in [1.82, 2.24) is 5.32 Å². The third kappa shape index (κ3) is 4.02. The normalized spacial score (nSPS) is 13.4. The zero-order valence-corrected chi connectivity index (χ0v) is 15.4. The Morgan fingerprint density at radius 3 is 2.67 bits per heavy atom. The van der Waals surface area contributed by atoms with Gasteiger partial charge in [-0.2, -0.15) is 0 Å². The van der Waals surface area contributed by atoms with Gasteiger partial charge in [-0.05, 0) is 48.7 Å². The van der Waals surface area contributed by atoms with Crippen LogP contribution in [-0.4, -0.2) is 27.5 Å². The van der Waals surface area contributed by atoms with Crippen molar-refractivity contribution in [2.45, 2.75) is 24.7 Å². The fourth-order valence-electron chi connectivity index (χ4n) is 2.86. The van der Waals surface area contributed by atoms with Crippen molar-refractivity contribution in [2.75, 3.05) is 22.7 Å². The summed E-state index contributed by atoms with van der Waals surface area (Å²) in [5, 5.41) is 2.79. The second-order valence-corrected chi connectivity index (χ2v) is 7.84. The summed E-state index contributed by atoms with van der Waals surface area (Å²) in [6.45, 7) is 2.96. The van der Waals surface area contributed by atoms with Gasteiger partial charge in [0.15, 0.2) is 0 Å². The molecular formula is C18H19F2N3O3S. The molecule has 1 aliphatic heterocycles. The Balaban J connectivity index is 1.83. The van der Waals surface area contributed by atoms with Gasteiger partial charge in [0.05, 0.1) is 10.6 Å². The zero-order valence-electron chi connectivity index (χ0n) is 14.6. The first-order valence-electron chi connectivity index (χ1n) is 8.48. The van der Waals surface area contributed by atoms with E-state index >= 15 is 0 Å². The molecule has 2 aromatic rings. The lowest BCUT2D eigenvalue weighted by Gasteiger charge is -2.18. The molecule has 2 N–H and O–H groups in total. The minimum Gasteiger partial charge on any atom is -0.338 e. The molecule has 0 aliphatic carbocycles. The average molecular weight is 395 g/mol. The van der Waals surface area contributed by atoms with Crippen LogP contribution >= 0.6 is 0 Å². The molecule has 0 unspecified atom stereocenters. The molecular weight excluding hydrogens is 376 g/mol. The van der Waals surface area contributed by atoms with Crippen molar-refractivity contribution in [2.24, 2.45) is 0 Å². The van der Waals surface area contributed by atoms with Gasteiger partial charge in [-0.3, -0.25) is 9.62 Å². The molecule has 144 valence electrons. The van der Waals surface area contributed by atoms with E-state index in [0.29, 0.717) is 36.8 Å². The third-order valence-corrected chi connectivity index (χ3v) is 5.57. The van der Waals surface area contributed by atoms with Crippen LogP contribution in [0.5, 0.6) is 0 Å². The number of carbonyl (C=O) groups excluding carboxylic acids is 1. The first-order chi connectivity index (χ1) is 12.8. The quantitative estimate of drug-likeness (QED) is 0.816. The van der Waals surface area contributed by atoms with Gasteiger partial charge >= 0.3 is 6.03 Å². The predicted molar refractivity (Wildman–Crippen MR) is 98.3 cm³/mol. The second-order valence-electron chi connectivity index (χ2n) is 6.15. The number of sulfonamides is 1. The van der Waals surface area contributed by atoms with Crippen LogP contribution in [0.3, 0.4) is 0 Å². The molecule has 3 rings (SSSR count). The number of nitrogens with zero attached hydrogens (tertiary/aromatic N) is 1. The number of fused-ring (bicyclic) bond motifs is 1. The summed E-state index contributed by atoms with van der Waals surface area (Å²) >= 11 is 0. The maximum Gasteiger partial charge on any atom is 0.321 e. The zero-order chi connectivity index (χ0) is 19.6. The number of hydrogen-bond acceptors (Lipinski definition) is 3. The number of carbonyl (C=O) groups is 1. The number of anilines is 2. The van der Waals surface area contributed by atoms with Gasteiger partial charge in [0, 0.05) is 24.8 Å². The van der Waals surface area contributed by atoms with E-state index in [2.05, 4.69) is 10.0 Å². The number of benzene rings is 2. The molecule has 6 nitrogen and oxygen atoms in total. The summed E-state index contributed by atoms with van der Waals surface area (Å²) in [5.41, 5.74) is 1.03. The topological polar surface area (TPSA) is 78.5 Å². The number of halogens is 2. The van der Waals surface area contributed by atoms with E-state index in [1.807, 2.05) is 6.92 Å². The molecule has 9 heteroatoms. The van der Waals surface area contributed by atoms with Gasteiger partial charge in [0.25, 0.3) is 10.0 Å². The van der Waals surface area contributed by atoms with E-state index < -0.39 is 21.7 Å². The van der Waals surface area contributed by atoms with Crippen molar-refractivity contribution in [1.29, 1.82) is 0 Å². The Bertz CT molecular complexity index is 980. The molecule has 27 heavy (non-hydrogen) atoms. The lowest BCUT2D eigenvalue weighted by Crippen LogP contribution is -2.39. The highest BCUT2D eigenvalue weighted by Gasteiger charge is 2.26. The number of nitrogens with one attached hydrogen (secondary N) is 2. The van der Waals surface area contributed by atoms with E-state index in [0.717, 1.165) is 18.6 Å². The summed E-state index contributed by atoms with van der Waals surface area (Å²) < 4.78 is 53.9. The van der Waals surface area contributed by atoms with Crippen molar-refractivity contribution in [3.05, 3.63) is 53.6 Å². The molecule has 2 amide bonds. The van der Waals surface area contributed by atoms with Gasteiger partial charge < -0.3 is 5.32 Å². The van der Waals surface area contributed by atoms with Gasteiger partial charge in [-0.15, -0.1) is 0 Å². The molecule has 0 bridgehead atoms. The first-order valence-corrected chi connectivity index (χ1v) is 9.96. The Morgan fingerprint density at radius 1 is 1.19 bits per heavy atom. The van der Waals surface area contributed by atoms with Crippen LogP contribution in [0, 0.1) is 11.6 Å². The van der Waals surface area contributed by atoms with Crippen LogP contribution in [0.2, 0.25) is 0 Å². The number of urea groups is 1. The first kappa shape index (κ1) is 19.1. The molecule has 0 saturated heterocycles. The highest BCUT2D eigenvalue weighted by Crippen LogP contribution is 2.31. The molecule has 1 heterocycles. The van der Waals surface area contributed by atoms with E-state index in [4.69, 9.17) is 0 Å². The van der Waals surface area contributed by atoms with Crippen LogP contribution in [-0.2, 0) is 16.4 Å². The lowest BCUT2D eigenvalue weighted by molar-refractivity contribution is 0.247. The Labute approximate surface area is 156 Å². The fourth-order valence-corrected chi connectivity index (χ4v) is 3.98. The van der Waals surface area contributed by atoms with Gasteiger partial charge in [0.2, 0.25) is 0 Å². The maximum atomic E-state index is 13.7. The van der Waals surface area contributed by atoms with Gasteiger partial charge in [-0.25, -0.2) is 22.0 Å². The second kappa shape index (κ2) is 7.51. The summed E-state index contributed by atoms with van der Waals surface area (Å²) in [6, 6.07) is 6.75. The summed E-state index contributed by atoms with van der Waals surface area (Å²) in [7, 11) is -4.05. The molecule has 0 fully saturated rings. The highest BCUT2D eigenvalue weighted by atomic mass is 32.2. The minimum absolute atomic E-state index is 0.0548.